The van der Waals surface area contributed by atoms with Crippen molar-refractivity contribution in [2.75, 3.05) is 19.8 Å². The van der Waals surface area contributed by atoms with E-state index in [1.54, 1.807) is 0 Å². The first kappa shape index (κ1) is 22.3. The van der Waals surface area contributed by atoms with Crippen LogP contribution in [0, 0.1) is 5.92 Å². The second kappa shape index (κ2) is 15.4. The molecule has 0 aliphatic carbocycles. The Morgan fingerprint density at radius 3 is 1.62 bits per heavy atom. The Morgan fingerprint density at radius 2 is 1.38 bits per heavy atom. The predicted molar refractivity (Wildman–Crippen MR) is 80.3 cm³/mol. The largest absolute Gasteiger partial charge is 0.484 e. The van der Waals surface area contributed by atoms with Gasteiger partial charge < -0.3 is 23.5 Å². The lowest BCUT2D eigenvalue weighted by molar-refractivity contribution is -0.148. The summed E-state index contributed by atoms with van der Waals surface area (Å²) in [5, 5.41) is 16.8. The molecule has 0 heterocycles. The van der Waals surface area contributed by atoms with Crippen LogP contribution in [0.25, 0.3) is 0 Å². The Bertz CT molecular complexity index is 259. The van der Waals surface area contributed by atoms with Crippen molar-refractivity contribution in [3.63, 3.8) is 0 Å². The highest BCUT2D eigenvalue weighted by molar-refractivity contribution is 6.36. The van der Waals surface area contributed by atoms with Crippen LogP contribution in [0.4, 0.5) is 0 Å². The van der Waals surface area contributed by atoms with Gasteiger partial charge in [-0.15, -0.1) is 0 Å². The van der Waals surface area contributed by atoms with Crippen molar-refractivity contribution in [3.05, 3.63) is 0 Å². The van der Waals surface area contributed by atoms with Gasteiger partial charge >= 0.3 is 21.5 Å². The second-order valence-corrected chi connectivity index (χ2v) is 5.65. The number of aliphatic carboxylic acids is 2. The van der Waals surface area contributed by atoms with Crippen LogP contribution in [0.5, 0.6) is 0 Å². The van der Waals surface area contributed by atoms with Crippen LogP contribution in [0.2, 0.25) is 0 Å². The molecule has 0 bridgehead atoms. The van der Waals surface area contributed by atoms with Crippen LogP contribution in [-0.4, -0.2) is 51.5 Å². The van der Waals surface area contributed by atoms with Gasteiger partial charge in [-0.05, 0) is 27.2 Å². The van der Waals surface area contributed by atoms with E-state index in [2.05, 4.69) is 0 Å². The first-order valence-corrected chi connectivity index (χ1v) is 8.63. The van der Waals surface area contributed by atoms with Gasteiger partial charge in [0, 0.05) is 19.8 Å². The van der Waals surface area contributed by atoms with Crippen molar-refractivity contribution >= 4 is 21.5 Å². The number of carboxylic acids is 2. The number of hydrogen-bond acceptors (Lipinski definition) is 5. The molecule has 1 atom stereocenters. The summed E-state index contributed by atoms with van der Waals surface area (Å²) in [5.74, 6) is -2.79. The monoisotopic (exact) mass is 324 g/mol. The molecule has 0 spiro atoms. The molecule has 0 saturated heterocycles. The molecule has 0 rings (SSSR count). The maximum absolute atomic E-state index is 10.4. The highest BCUT2D eigenvalue weighted by Crippen LogP contribution is 2.10. The maximum atomic E-state index is 10.4. The van der Waals surface area contributed by atoms with Gasteiger partial charge in [0.25, 0.3) is 0 Å². The summed E-state index contributed by atoms with van der Waals surface area (Å²) >= 11 is 0. The van der Waals surface area contributed by atoms with Gasteiger partial charge in [-0.2, -0.15) is 0 Å². The van der Waals surface area contributed by atoms with Gasteiger partial charge in [0.1, 0.15) is 0 Å². The summed E-state index contributed by atoms with van der Waals surface area (Å²) in [6.07, 6.45) is 0.856. The highest BCUT2D eigenvalue weighted by atomic mass is 28.3. The van der Waals surface area contributed by atoms with Crippen molar-refractivity contribution in [3.8, 4) is 0 Å². The molecule has 0 aliphatic rings. The molecule has 0 amide bonds. The van der Waals surface area contributed by atoms with E-state index in [4.69, 9.17) is 23.5 Å². The molecule has 0 aromatic rings. The summed E-state index contributed by atoms with van der Waals surface area (Å²) in [6, 6.07) is 0. The van der Waals surface area contributed by atoms with E-state index in [1.807, 2.05) is 27.7 Å². The Kier molecular flexibility index (Phi) is 16.4. The molecule has 0 aromatic heterocycles. The van der Waals surface area contributed by atoms with E-state index < -0.39 is 27.4 Å². The van der Waals surface area contributed by atoms with Gasteiger partial charge in [-0.1, -0.05) is 13.3 Å². The zero-order valence-corrected chi connectivity index (χ0v) is 14.5. The molecule has 126 valence electrons. The van der Waals surface area contributed by atoms with Crippen LogP contribution in [0.15, 0.2) is 0 Å². The second-order valence-electron chi connectivity index (χ2n) is 4.08. The Balaban J connectivity index is 0. The van der Waals surface area contributed by atoms with E-state index >= 15 is 0 Å². The summed E-state index contributed by atoms with van der Waals surface area (Å²) in [6.45, 7) is 9.69. The maximum Gasteiger partial charge on any atom is 0.484 e. The van der Waals surface area contributed by atoms with E-state index in [9.17, 15) is 9.59 Å². The zero-order chi connectivity index (χ0) is 16.7. The molecule has 8 heteroatoms. The summed E-state index contributed by atoms with van der Waals surface area (Å²) in [7, 11) is -1.73. The number of hydrogen-bond donors (Lipinski definition) is 2. The summed E-state index contributed by atoms with van der Waals surface area (Å²) in [5.41, 5.74) is 0. The van der Waals surface area contributed by atoms with Crippen molar-refractivity contribution in [2.24, 2.45) is 5.92 Å². The molecule has 0 aromatic carbocycles. The molecule has 0 aliphatic heterocycles. The quantitative estimate of drug-likeness (QED) is 0.558. The molecule has 7 nitrogen and oxygen atoms in total. The van der Waals surface area contributed by atoms with Crippen LogP contribution in [-0.2, 0) is 22.9 Å². The number of rotatable bonds is 11. The van der Waals surface area contributed by atoms with Gasteiger partial charge in [0.05, 0.1) is 12.3 Å². The standard InChI is InChI=1S/C7H12O4.C6H16O3Si/c1-2-3-5(7(10)11)4-6(8)9;1-4-7-10(8-5-2)9-6-3/h5H,2-4H2,1H3,(H,8,9)(H,10,11);10H,4-6H2,1-3H3. The van der Waals surface area contributed by atoms with Crippen molar-refractivity contribution < 1.29 is 33.1 Å². The predicted octanol–water partition coefficient (Wildman–Crippen LogP) is 1.78. The van der Waals surface area contributed by atoms with E-state index in [1.165, 1.54) is 0 Å². The number of carbonyl (C=O) groups is 2. The first-order valence-electron chi connectivity index (χ1n) is 7.22. The highest BCUT2D eigenvalue weighted by Gasteiger charge is 2.19. The van der Waals surface area contributed by atoms with Gasteiger partial charge in [0.15, 0.2) is 0 Å². The first-order chi connectivity index (χ1) is 9.92. The lowest BCUT2D eigenvalue weighted by Gasteiger charge is -2.12. The minimum Gasteiger partial charge on any atom is -0.481 e. The van der Waals surface area contributed by atoms with Crippen molar-refractivity contribution in [1.82, 2.24) is 0 Å². The van der Waals surface area contributed by atoms with E-state index in [0.29, 0.717) is 32.7 Å². The topological polar surface area (TPSA) is 102 Å². The normalized spacial score (nSPS) is 11.7. The third-order valence-corrected chi connectivity index (χ3v) is 4.13. The fourth-order valence-electron chi connectivity index (χ4n) is 1.42. The Labute approximate surface area is 128 Å². The minimum absolute atomic E-state index is 0.275. The molecule has 0 saturated carbocycles. The zero-order valence-electron chi connectivity index (χ0n) is 13.3. The fraction of sp³-hybridized carbons (Fsp3) is 0.846. The Morgan fingerprint density at radius 1 is 0.952 bits per heavy atom. The molecule has 1 unspecified atom stereocenters. The third-order valence-electron chi connectivity index (χ3n) is 2.32. The molecule has 0 fully saturated rings. The average molecular weight is 324 g/mol. The summed E-state index contributed by atoms with van der Waals surface area (Å²) < 4.78 is 15.7. The fourth-order valence-corrected chi connectivity index (χ4v) is 2.53. The molecular formula is C13H28O7Si. The smallest absolute Gasteiger partial charge is 0.481 e. The van der Waals surface area contributed by atoms with Crippen LogP contribution in [0.3, 0.4) is 0 Å². The van der Waals surface area contributed by atoms with Crippen molar-refractivity contribution in [2.45, 2.75) is 47.0 Å². The van der Waals surface area contributed by atoms with Gasteiger partial charge in [-0.3, -0.25) is 9.59 Å². The van der Waals surface area contributed by atoms with E-state index in [-0.39, 0.29) is 6.42 Å². The van der Waals surface area contributed by atoms with E-state index in [0.717, 1.165) is 0 Å². The Hall–Kier alpha value is -0.963. The third kappa shape index (κ3) is 15.2. The van der Waals surface area contributed by atoms with Gasteiger partial charge in [-0.25, -0.2) is 0 Å². The molecule has 2 N–H and O–H groups in total. The molecule has 0 radical (unpaired) electrons. The lowest BCUT2D eigenvalue weighted by atomic mass is 10.0. The van der Waals surface area contributed by atoms with Crippen LogP contribution < -0.4 is 0 Å². The SMILES string of the molecule is CCCC(CC(=O)O)C(=O)O.CCO[SiH](OCC)OCC. The van der Waals surface area contributed by atoms with Crippen LogP contribution >= 0.6 is 0 Å². The molecular weight excluding hydrogens is 296 g/mol. The lowest BCUT2D eigenvalue weighted by Crippen LogP contribution is -2.27. The van der Waals surface area contributed by atoms with Crippen molar-refractivity contribution in [1.29, 1.82) is 0 Å². The molecule has 21 heavy (non-hydrogen) atoms. The average Bonchev–Trinajstić information content (AvgIpc) is 2.39. The van der Waals surface area contributed by atoms with Crippen LogP contribution in [0.1, 0.15) is 47.0 Å². The number of carboxylic acid groups (broad SMARTS) is 2. The summed E-state index contributed by atoms with van der Waals surface area (Å²) in [4.78, 5) is 20.5. The minimum atomic E-state index is -1.73. The van der Waals surface area contributed by atoms with Gasteiger partial charge in [0.2, 0.25) is 0 Å².